The molecule has 28 heavy (non-hydrogen) atoms. The van der Waals surface area contributed by atoms with Crippen molar-refractivity contribution in [1.82, 2.24) is 15.1 Å². The molecule has 0 spiro atoms. The molecule has 1 unspecified atom stereocenters. The van der Waals surface area contributed by atoms with Gasteiger partial charge in [0.15, 0.2) is 17.3 Å². The van der Waals surface area contributed by atoms with Gasteiger partial charge in [0.25, 0.3) is 0 Å². The summed E-state index contributed by atoms with van der Waals surface area (Å²) in [5.74, 6) is 2.00. The number of hydrogen-bond acceptors (Lipinski definition) is 5. The van der Waals surface area contributed by atoms with Crippen molar-refractivity contribution >= 4 is 11.7 Å². The first-order chi connectivity index (χ1) is 13.7. The van der Waals surface area contributed by atoms with Crippen molar-refractivity contribution in [3.63, 3.8) is 0 Å². The van der Waals surface area contributed by atoms with E-state index >= 15 is 0 Å². The normalized spacial score (nSPS) is 19.8. The Morgan fingerprint density at radius 3 is 2.82 bits per heavy atom. The Kier molecular flexibility index (Phi) is 5.52. The highest BCUT2D eigenvalue weighted by atomic mass is 16.5. The number of anilines is 1. The molecule has 1 aromatic carbocycles. The highest BCUT2D eigenvalue weighted by Gasteiger charge is 2.31. The molecule has 7 heteroatoms. The summed E-state index contributed by atoms with van der Waals surface area (Å²) in [6, 6.07) is 5.96. The minimum atomic E-state index is -0.0428. The van der Waals surface area contributed by atoms with E-state index in [1.165, 1.54) is 19.3 Å². The maximum atomic E-state index is 12.1. The zero-order chi connectivity index (χ0) is 19.5. The Morgan fingerprint density at radius 1 is 1.21 bits per heavy atom. The van der Waals surface area contributed by atoms with E-state index in [-0.39, 0.29) is 11.8 Å². The molecular formula is C21H28N4O3. The van der Waals surface area contributed by atoms with Gasteiger partial charge in [-0.3, -0.25) is 14.8 Å². The Balaban J connectivity index is 1.49. The van der Waals surface area contributed by atoms with E-state index in [0.29, 0.717) is 24.6 Å². The van der Waals surface area contributed by atoms with Gasteiger partial charge in [-0.05, 0) is 50.6 Å². The molecule has 0 bridgehead atoms. The molecule has 3 heterocycles. The number of aryl methyl sites for hydroxylation is 1. The van der Waals surface area contributed by atoms with Crippen LogP contribution in [0.2, 0.25) is 0 Å². The third-order valence-corrected chi connectivity index (χ3v) is 5.69. The highest BCUT2D eigenvalue weighted by Crippen LogP contribution is 2.40. The molecule has 7 nitrogen and oxygen atoms in total. The molecule has 2 aliphatic heterocycles. The first-order valence-electron chi connectivity index (χ1n) is 10.0. The van der Waals surface area contributed by atoms with E-state index in [9.17, 15) is 4.79 Å². The Morgan fingerprint density at radius 2 is 2.04 bits per heavy atom. The molecule has 2 N–H and O–H groups in total. The number of amides is 1. The lowest BCUT2D eigenvalue weighted by molar-refractivity contribution is -0.116. The molecule has 1 amide bonds. The van der Waals surface area contributed by atoms with Crippen molar-refractivity contribution in [2.45, 2.75) is 38.5 Å². The number of aromatic nitrogens is 2. The van der Waals surface area contributed by atoms with Crippen LogP contribution in [0.4, 0.5) is 5.82 Å². The van der Waals surface area contributed by atoms with E-state index < -0.39 is 0 Å². The Bertz CT molecular complexity index is 842. The van der Waals surface area contributed by atoms with Gasteiger partial charge in [-0.2, -0.15) is 5.10 Å². The number of ether oxygens (including phenoxy) is 2. The zero-order valence-corrected chi connectivity index (χ0v) is 16.6. The summed E-state index contributed by atoms with van der Waals surface area (Å²) in [7, 11) is 1.65. The maximum absolute atomic E-state index is 12.1. The molecule has 1 saturated heterocycles. The van der Waals surface area contributed by atoms with Crippen LogP contribution in [-0.2, 0) is 4.79 Å². The van der Waals surface area contributed by atoms with E-state index in [4.69, 9.17) is 9.47 Å². The van der Waals surface area contributed by atoms with Gasteiger partial charge in [0, 0.05) is 30.1 Å². The summed E-state index contributed by atoms with van der Waals surface area (Å²) in [6.07, 6.45) is 4.29. The lowest BCUT2D eigenvalue weighted by Gasteiger charge is -2.26. The second-order valence-corrected chi connectivity index (χ2v) is 7.58. The van der Waals surface area contributed by atoms with E-state index in [0.717, 1.165) is 42.2 Å². The van der Waals surface area contributed by atoms with Crippen LogP contribution in [0.5, 0.6) is 11.5 Å². The lowest BCUT2D eigenvalue weighted by atomic mass is 9.85. The van der Waals surface area contributed by atoms with Gasteiger partial charge >= 0.3 is 0 Å². The predicted molar refractivity (Wildman–Crippen MR) is 107 cm³/mol. The fourth-order valence-electron chi connectivity index (χ4n) is 4.20. The van der Waals surface area contributed by atoms with E-state index in [2.05, 4.69) is 20.4 Å². The highest BCUT2D eigenvalue weighted by molar-refractivity contribution is 5.94. The van der Waals surface area contributed by atoms with Crippen LogP contribution in [0, 0.1) is 6.92 Å². The second kappa shape index (κ2) is 8.22. The topological polar surface area (TPSA) is 79.5 Å². The summed E-state index contributed by atoms with van der Waals surface area (Å²) in [6.45, 7) is 5.88. The largest absolute Gasteiger partial charge is 0.493 e. The van der Waals surface area contributed by atoms with Crippen molar-refractivity contribution in [2.24, 2.45) is 0 Å². The summed E-state index contributed by atoms with van der Waals surface area (Å²) >= 11 is 0. The molecule has 1 fully saturated rings. The number of methoxy groups -OCH3 is 1. The molecular weight excluding hydrogens is 356 g/mol. The molecule has 150 valence electrons. The summed E-state index contributed by atoms with van der Waals surface area (Å²) < 4.78 is 11.6. The van der Waals surface area contributed by atoms with Gasteiger partial charge in [0.05, 0.1) is 7.11 Å². The number of fused-ring (bicyclic) bond motifs is 1. The SMILES string of the molecule is COc1cc(C2CC(=O)Nc3n[nH]c(C)c32)ccc1OCCN1CCCCC1. The lowest BCUT2D eigenvalue weighted by Crippen LogP contribution is -2.33. The molecule has 0 aliphatic carbocycles. The number of carbonyl (C=O) groups is 1. The molecule has 0 saturated carbocycles. The predicted octanol–water partition coefficient (Wildman–Crippen LogP) is 3.07. The number of aromatic amines is 1. The standard InChI is InChI=1S/C21H28N4O3/c1-14-20-16(13-19(26)22-21(20)24-23-14)15-6-7-17(18(12-15)27-2)28-11-10-25-8-4-3-5-9-25/h6-7,12,16H,3-5,8-11,13H2,1-2H3,(H2,22,23,24,26). The van der Waals surface area contributed by atoms with Crippen LogP contribution < -0.4 is 14.8 Å². The quantitative estimate of drug-likeness (QED) is 0.800. The average Bonchev–Trinajstić information content (AvgIpc) is 3.09. The van der Waals surface area contributed by atoms with Crippen LogP contribution in [0.25, 0.3) is 0 Å². The molecule has 1 atom stereocenters. The zero-order valence-electron chi connectivity index (χ0n) is 16.6. The number of benzene rings is 1. The van der Waals surface area contributed by atoms with Crippen LogP contribution in [0.1, 0.15) is 48.4 Å². The minimum absolute atomic E-state index is 0.0233. The van der Waals surface area contributed by atoms with Crippen molar-refractivity contribution in [2.75, 3.05) is 38.7 Å². The summed E-state index contributed by atoms with van der Waals surface area (Å²) in [4.78, 5) is 14.6. The minimum Gasteiger partial charge on any atom is -0.493 e. The van der Waals surface area contributed by atoms with Crippen LogP contribution in [-0.4, -0.2) is 54.4 Å². The smallest absolute Gasteiger partial charge is 0.226 e. The van der Waals surface area contributed by atoms with Gasteiger partial charge in [-0.15, -0.1) is 0 Å². The van der Waals surface area contributed by atoms with Gasteiger partial charge in [0.2, 0.25) is 5.91 Å². The number of hydrogen-bond donors (Lipinski definition) is 2. The molecule has 0 radical (unpaired) electrons. The van der Waals surface area contributed by atoms with Gasteiger partial charge in [-0.1, -0.05) is 12.5 Å². The van der Waals surface area contributed by atoms with Crippen LogP contribution in [0.3, 0.4) is 0 Å². The molecule has 2 aromatic rings. The molecule has 4 rings (SSSR count). The average molecular weight is 384 g/mol. The van der Waals surface area contributed by atoms with Crippen LogP contribution >= 0.6 is 0 Å². The number of H-pyrrole nitrogens is 1. The first-order valence-corrected chi connectivity index (χ1v) is 10.0. The number of nitrogens with zero attached hydrogens (tertiary/aromatic N) is 2. The van der Waals surface area contributed by atoms with Crippen molar-refractivity contribution < 1.29 is 14.3 Å². The van der Waals surface area contributed by atoms with E-state index in [1.807, 2.05) is 25.1 Å². The van der Waals surface area contributed by atoms with Crippen LogP contribution in [0.15, 0.2) is 18.2 Å². The van der Waals surface area contributed by atoms with Crippen molar-refractivity contribution in [3.8, 4) is 11.5 Å². The summed E-state index contributed by atoms with van der Waals surface area (Å²) in [5.41, 5.74) is 3.04. The number of rotatable bonds is 6. The monoisotopic (exact) mass is 384 g/mol. The third kappa shape index (κ3) is 3.85. The van der Waals surface area contributed by atoms with Crippen molar-refractivity contribution in [3.05, 3.63) is 35.0 Å². The number of nitrogens with one attached hydrogen (secondary N) is 2. The number of carbonyl (C=O) groups excluding carboxylic acids is 1. The maximum Gasteiger partial charge on any atom is 0.226 e. The van der Waals surface area contributed by atoms with E-state index in [1.54, 1.807) is 7.11 Å². The molecule has 2 aliphatic rings. The molecule has 1 aromatic heterocycles. The van der Waals surface area contributed by atoms with Gasteiger partial charge in [-0.25, -0.2) is 0 Å². The van der Waals surface area contributed by atoms with Gasteiger partial charge in [0.1, 0.15) is 6.61 Å². The Labute approximate surface area is 165 Å². The van der Waals surface area contributed by atoms with Gasteiger partial charge < -0.3 is 14.8 Å². The number of piperidine rings is 1. The fraction of sp³-hybridized carbons (Fsp3) is 0.524. The Hall–Kier alpha value is -2.54. The summed E-state index contributed by atoms with van der Waals surface area (Å²) in [5, 5.41) is 10.0. The fourth-order valence-corrected chi connectivity index (χ4v) is 4.20. The number of likely N-dealkylation sites (tertiary alicyclic amines) is 1. The van der Waals surface area contributed by atoms with Crippen molar-refractivity contribution in [1.29, 1.82) is 0 Å². The second-order valence-electron chi connectivity index (χ2n) is 7.58. The first kappa shape index (κ1) is 18.8. The third-order valence-electron chi connectivity index (χ3n) is 5.69.